The van der Waals surface area contributed by atoms with Gasteiger partial charge >= 0.3 is 0 Å². The number of aliphatic hydroxyl groups is 1. The van der Waals surface area contributed by atoms with E-state index in [-0.39, 0.29) is 24.1 Å². The summed E-state index contributed by atoms with van der Waals surface area (Å²) in [4.78, 5) is 15.1. The van der Waals surface area contributed by atoms with Crippen LogP contribution in [0.3, 0.4) is 0 Å². The van der Waals surface area contributed by atoms with Gasteiger partial charge in [0.15, 0.2) is 5.78 Å². The first-order valence-electron chi connectivity index (χ1n) is 16.5. The summed E-state index contributed by atoms with van der Waals surface area (Å²) in [6, 6.07) is 36.0. The Bertz CT molecular complexity index is 1720. The number of ketones is 1. The lowest BCUT2D eigenvalue weighted by molar-refractivity contribution is -0.181. The van der Waals surface area contributed by atoms with Gasteiger partial charge in [0.2, 0.25) is 0 Å². The van der Waals surface area contributed by atoms with Gasteiger partial charge in [-0.1, -0.05) is 105 Å². The van der Waals surface area contributed by atoms with Crippen LogP contribution in [-0.2, 0) is 32.2 Å². The van der Waals surface area contributed by atoms with Crippen LogP contribution in [0.15, 0.2) is 125 Å². The zero-order valence-corrected chi connectivity index (χ0v) is 28.9. The van der Waals surface area contributed by atoms with Gasteiger partial charge in [-0.25, -0.2) is 0 Å². The van der Waals surface area contributed by atoms with Gasteiger partial charge in [0.05, 0.1) is 44.9 Å². The highest BCUT2D eigenvalue weighted by Crippen LogP contribution is 2.61. The molecule has 7 heteroatoms. The van der Waals surface area contributed by atoms with Crippen LogP contribution in [0.2, 0.25) is 0 Å². The summed E-state index contributed by atoms with van der Waals surface area (Å²) in [6.45, 7) is 7.40. The standard InChI is InChI=1S/C41H44O6S/c1-28-33(42)25-41(43)39(47-27-30-17-10-6-11-18-30)35-32(21-14-22-34(35)44-4)37(46-24-23-45-26-29-15-8-5-9-16-29)38(36(28)40(41,2)3)48-31-19-12-7-13-20-31/h5-22,37-39,43H,23-27H2,1-4H3/t37-,38-,39+,41-/m1/s1. The summed E-state index contributed by atoms with van der Waals surface area (Å²) < 4.78 is 25.7. The molecule has 2 aliphatic carbocycles. The Kier molecular flexibility index (Phi) is 10.5. The summed E-state index contributed by atoms with van der Waals surface area (Å²) >= 11 is 1.65. The molecule has 0 saturated heterocycles. The zero-order valence-electron chi connectivity index (χ0n) is 28.1. The minimum Gasteiger partial charge on any atom is -0.496 e. The van der Waals surface area contributed by atoms with Crippen molar-refractivity contribution in [3.63, 3.8) is 0 Å². The van der Waals surface area contributed by atoms with Crippen molar-refractivity contribution in [3.8, 4) is 5.75 Å². The van der Waals surface area contributed by atoms with E-state index < -0.39 is 23.2 Å². The van der Waals surface area contributed by atoms with E-state index in [4.69, 9.17) is 18.9 Å². The Balaban J connectivity index is 1.48. The van der Waals surface area contributed by atoms with Gasteiger partial charge in [-0.2, -0.15) is 0 Å². The first-order valence-corrected chi connectivity index (χ1v) is 17.4. The van der Waals surface area contributed by atoms with E-state index in [0.717, 1.165) is 27.2 Å². The summed E-state index contributed by atoms with van der Waals surface area (Å²) in [5.41, 5.74) is 2.68. The number of benzene rings is 4. The van der Waals surface area contributed by atoms with E-state index in [9.17, 15) is 9.90 Å². The lowest BCUT2D eigenvalue weighted by Crippen LogP contribution is -2.58. The normalized spacial score (nSPS) is 23.3. The summed E-state index contributed by atoms with van der Waals surface area (Å²) in [5, 5.41) is 12.7. The van der Waals surface area contributed by atoms with Gasteiger partial charge in [-0.3, -0.25) is 4.79 Å². The monoisotopic (exact) mass is 664 g/mol. The first kappa shape index (κ1) is 34.2. The fourth-order valence-electron chi connectivity index (χ4n) is 7.18. The van der Waals surface area contributed by atoms with Crippen molar-refractivity contribution >= 4 is 17.5 Å². The third-order valence-electron chi connectivity index (χ3n) is 9.79. The van der Waals surface area contributed by atoms with E-state index in [1.807, 2.05) is 118 Å². The SMILES string of the molecule is COc1cccc2c1[C@H](OCc1ccccc1)[C@]1(O)CC(=O)C(C)=C([C@@H](Sc3ccccc3)[C@@H]2OCCOCc2ccccc2)C1(C)C. The van der Waals surface area contributed by atoms with E-state index in [0.29, 0.717) is 36.7 Å². The van der Waals surface area contributed by atoms with Gasteiger partial charge in [0, 0.05) is 22.3 Å². The minimum absolute atomic E-state index is 0.0755. The number of fused-ring (bicyclic) bond motifs is 3. The van der Waals surface area contributed by atoms with E-state index in [1.165, 1.54) is 0 Å². The Hall–Kier alpha value is -3.72. The van der Waals surface area contributed by atoms with E-state index >= 15 is 0 Å². The summed E-state index contributed by atoms with van der Waals surface area (Å²) in [7, 11) is 1.63. The van der Waals surface area contributed by atoms with Gasteiger partial charge in [0.1, 0.15) is 17.5 Å². The van der Waals surface area contributed by atoms with Gasteiger partial charge in [-0.05, 0) is 53.0 Å². The molecule has 250 valence electrons. The quantitative estimate of drug-likeness (QED) is 0.152. The number of hydrogen-bond donors (Lipinski definition) is 1. The highest BCUT2D eigenvalue weighted by Gasteiger charge is 2.61. The second kappa shape index (κ2) is 14.8. The number of methoxy groups -OCH3 is 1. The van der Waals surface area contributed by atoms with Crippen molar-refractivity contribution in [3.05, 3.63) is 143 Å². The van der Waals surface area contributed by atoms with Crippen molar-refractivity contribution in [1.29, 1.82) is 0 Å². The minimum atomic E-state index is -1.59. The molecule has 0 unspecified atom stereocenters. The molecule has 0 fully saturated rings. The third kappa shape index (κ3) is 6.75. The second-order valence-electron chi connectivity index (χ2n) is 13.0. The second-order valence-corrected chi connectivity index (χ2v) is 14.2. The molecule has 4 aromatic rings. The van der Waals surface area contributed by atoms with Crippen molar-refractivity contribution in [2.24, 2.45) is 5.41 Å². The molecule has 4 atom stereocenters. The van der Waals surface area contributed by atoms with Crippen molar-refractivity contribution < 1.29 is 28.8 Å². The topological polar surface area (TPSA) is 74.2 Å². The van der Waals surface area contributed by atoms with Crippen LogP contribution in [0, 0.1) is 5.41 Å². The molecule has 0 amide bonds. The molecule has 0 spiro atoms. The zero-order chi connectivity index (χ0) is 33.7. The maximum Gasteiger partial charge on any atom is 0.161 e. The fraction of sp³-hybridized carbons (Fsp3) is 0.341. The van der Waals surface area contributed by atoms with E-state index in [2.05, 4.69) is 12.1 Å². The summed E-state index contributed by atoms with van der Waals surface area (Å²) in [5.74, 6) is 0.483. The number of hydrogen-bond acceptors (Lipinski definition) is 7. The third-order valence-corrected chi connectivity index (χ3v) is 11.1. The van der Waals surface area contributed by atoms with Crippen LogP contribution in [0.5, 0.6) is 5.75 Å². The molecule has 4 aromatic carbocycles. The molecule has 0 aromatic heterocycles. The first-order chi connectivity index (χ1) is 23.2. The molecule has 2 aliphatic rings. The van der Waals surface area contributed by atoms with Crippen LogP contribution >= 0.6 is 11.8 Å². The van der Waals surface area contributed by atoms with Crippen molar-refractivity contribution in [2.45, 2.75) is 68.4 Å². The molecule has 2 bridgehead atoms. The van der Waals surface area contributed by atoms with Gasteiger partial charge in [-0.15, -0.1) is 11.8 Å². The summed E-state index contributed by atoms with van der Waals surface area (Å²) in [6.07, 6.45) is -1.49. The maximum atomic E-state index is 14.0. The number of Topliss-reactive ketones (excluding diaryl/α,β-unsaturated/α-hetero) is 1. The lowest BCUT2D eigenvalue weighted by atomic mass is 9.56. The Morgan fingerprint density at radius 1 is 0.792 bits per heavy atom. The Labute approximate surface area is 288 Å². The number of ether oxygens (including phenoxy) is 4. The van der Waals surface area contributed by atoms with Gasteiger partial charge in [0.25, 0.3) is 0 Å². The highest BCUT2D eigenvalue weighted by atomic mass is 32.2. The predicted molar refractivity (Wildman–Crippen MR) is 189 cm³/mol. The molecule has 0 radical (unpaired) electrons. The van der Waals surface area contributed by atoms with E-state index in [1.54, 1.807) is 18.9 Å². The molecule has 0 heterocycles. The molecule has 0 saturated carbocycles. The van der Waals surface area contributed by atoms with Crippen LogP contribution < -0.4 is 4.74 Å². The van der Waals surface area contributed by atoms with Crippen LogP contribution in [0.25, 0.3) is 0 Å². The predicted octanol–water partition coefficient (Wildman–Crippen LogP) is 8.45. The molecule has 0 aliphatic heterocycles. The molecule has 6 nitrogen and oxygen atoms in total. The van der Waals surface area contributed by atoms with Crippen LogP contribution in [0.1, 0.15) is 61.7 Å². The Morgan fingerprint density at radius 2 is 1.42 bits per heavy atom. The largest absolute Gasteiger partial charge is 0.496 e. The molecular weight excluding hydrogens is 621 g/mol. The van der Waals surface area contributed by atoms with Crippen molar-refractivity contribution in [2.75, 3.05) is 20.3 Å². The molecule has 1 N–H and O–H groups in total. The molecule has 48 heavy (non-hydrogen) atoms. The fourth-order valence-corrected chi connectivity index (χ4v) is 8.72. The number of carbonyl (C=O) groups is 1. The smallest absolute Gasteiger partial charge is 0.161 e. The number of thioether (sulfide) groups is 1. The average Bonchev–Trinajstić information content (AvgIpc) is 3.10. The Morgan fingerprint density at radius 3 is 2.06 bits per heavy atom. The van der Waals surface area contributed by atoms with Gasteiger partial charge < -0.3 is 24.1 Å². The number of rotatable bonds is 12. The lowest BCUT2D eigenvalue weighted by Gasteiger charge is -2.55. The maximum absolute atomic E-state index is 14.0. The molecule has 6 rings (SSSR count). The van der Waals surface area contributed by atoms with Crippen LogP contribution in [0.4, 0.5) is 0 Å². The van der Waals surface area contributed by atoms with Crippen molar-refractivity contribution in [1.82, 2.24) is 0 Å². The highest BCUT2D eigenvalue weighted by molar-refractivity contribution is 8.00. The number of carbonyl (C=O) groups excluding carboxylic acids is 1. The average molecular weight is 665 g/mol. The van der Waals surface area contributed by atoms with Crippen LogP contribution in [-0.4, -0.2) is 42.1 Å². The number of allylic oxidation sites excluding steroid dienone is 1. The molecular formula is C41H44O6S.